The van der Waals surface area contributed by atoms with E-state index in [4.69, 9.17) is 4.74 Å². The van der Waals surface area contributed by atoms with Gasteiger partial charge in [-0.25, -0.2) is 0 Å². The van der Waals surface area contributed by atoms with E-state index in [9.17, 15) is 14.9 Å². The van der Waals surface area contributed by atoms with Gasteiger partial charge < -0.3 is 9.30 Å². The Morgan fingerprint density at radius 2 is 2.14 bits per heavy atom. The summed E-state index contributed by atoms with van der Waals surface area (Å²) >= 11 is 0. The maximum absolute atomic E-state index is 11.3. The first-order chi connectivity index (χ1) is 10.0. The second-order valence-corrected chi connectivity index (χ2v) is 4.85. The van der Waals surface area contributed by atoms with Crippen LogP contribution in [0.25, 0.3) is 10.9 Å². The largest absolute Gasteiger partial charge is 0.466 e. The lowest BCUT2D eigenvalue weighted by Crippen LogP contribution is -2.05. The van der Waals surface area contributed by atoms with Gasteiger partial charge in [-0.15, -0.1) is 0 Å². The van der Waals surface area contributed by atoms with Crippen molar-refractivity contribution in [3.05, 3.63) is 40.1 Å². The van der Waals surface area contributed by atoms with Crippen LogP contribution in [0.2, 0.25) is 0 Å². The molecule has 0 radical (unpaired) electrons. The summed E-state index contributed by atoms with van der Waals surface area (Å²) in [5.41, 5.74) is 2.09. The fraction of sp³-hybridized carbons (Fsp3) is 0.400. The van der Waals surface area contributed by atoms with Gasteiger partial charge in [0.1, 0.15) is 0 Å². The van der Waals surface area contributed by atoms with Crippen LogP contribution >= 0.6 is 0 Å². The number of ether oxygens (including phenoxy) is 1. The number of aryl methyl sites for hydroxylation is 2. The molecule has 1 aromatic heterocycles. The van der Waals surface area contributed by atoms with Gasteiger partial charge in [-0.05, 0) is 31.9 Å². The van der Waals surface area contributed by atoms with Crippen LogP contribution in [0.5, 0.6) is 0 Å². The Morgan fingerprint density at radius 3 is 2.81 bits per heavy atom. The number of rotatable bonds is 6. The molecular weight excluding hydrogens is 272 g/mol. The fourth-order valence-corrected chi connectivity index (χ4v) is 2.39. The second-order valence-electron chi connectivity index (χ2n) is 4.85. The predicted molar refractivity (Wildman–Crippen MR) is 79.1 cm³/mol. The Morgan fingerprint density at radius 1 is 1.38 bits per heavy atom. The van der Waals surface area contributed by atoms with Gasteiger partial charge in [0.15, 0.2) is 0 Å². The zero-order chi connectivity index (χ0) is 15.4. The molecule has 0 bridgehead atoms. The van der Waals surface area contributed by atoms with Crippen molar-refractivity contribution < 1.29 is 14.5 Å². The summed E-state index contributed by atoms with van der Waals surface area (Å²) in [4.78, 5) is 21.7. The molecule has 0 unspecified atom stereocenters. The highest BCUT2D eigenvalue weighted by molar-refractivity contribution is 5.83. The van der Waals surface area contributed by atoms with Gasteiger partial charge in [0.2, 0.25) is 0 Å². The van der Waals surface area contributed by atoms with Crippen LogP contribution in [0.3, 0.4) is 0 Å². The van der Waals surface area contributed by atoms with Gasteiger partial charge in [-0.1, -0.05) is 0 Å². The van der Waals surface area contributed by atoms with Crippen LogP contribution in [-0.2, 0) is 23.0 Å². The van der Waals surface area contributed by atoms with Crippen molar-refractivity contribution in [1.82, 2.24) is 4.57 Å². The highest BCUT2D eigenvalue weighted by Crippen LogP contribution is 2.24. The van der Waals surface area contributed by atoms with E-state index in [0.717, 1.165) is 23.0 Å². The summed E-state index contributed by atoms with van der Waals surface area (Å²) in [6.45, 7) is 2.19. The van der Waals surface area contributed by atoms with Gasteiger partial charge in [0.05, 0.1) is 11.5 Å². The number of carbonyl (C=O) groups excluding carboxylic acids is 1. The number of fused-ring (bicyclic) bond motifs is 1. The smallest absolute Gasteiger partial charge is 0.305 e. The Labute approximate surface area is 122 Å². The molecule has 0 amide bonds. The van der Waals surface area contributed by atoms with Crippen LogP contribution < -0.4 is 0 Å². The van der Waals surface area contributed by atoms with E-state index in [1.165, 1.54) is 6.07 Å². The molecule has 112 valence electrons. The van der Waals surface area contributed by atoms with Gasteiger partial charge in [0.25, 0.3) is 5.69 Å². The van der Waals surface area contributed by atoms with E-state index in [1.54, 1.807) is 19.1 Å². The summed E-state index contributed by atoms with van der Waals surface area (Å²) in [5.74, 6) is -0.188. The maximum Gasteiger partial charge on any atom is 0.305 e. The van der Waals surface area contributed by atoms with E-state index in [0.29, 0.717) is 19.4 Å². The molecule has 6 heteroatoms. The van der Waals surface area contributed by atoms with E-state index >= 15 is 0 Å². The zero-order valence-electron chi connectivity index (χ0n) is 12.2. The number of nitro groups is 1. The van der Waals surface area contributed by atoms with Crippen molar-refractivity contribution in [3.8, 4) is 0 Å². The minimum atomic E-state index is -0.396. The summed E-state index contributed by atoms with van der Waals surface area (Å²) in [7, 11) is 1.92. The van der Waals surface area contributed by atoms with E-state index in [1.807, 2.05) is 17.7 Å². The molecule has 2 aromatic rings. The lowest BCUT2D eigenvalue weighted by molar-refractivity contribution is -0.384. The van der Waals surface area contributed by atoms with Crippen LogP contribution in [0, 0.1) is 10.1 Å². The van der Waals surface area contributed by atoms with Gasteiger partial charge in [0, 0.05) is 42.2 Å². The standard InChI is InChI=1S/C15H18N2O4/c1-3-21-15(18)6-4-5-12-9-11-10-13(17(19)20)7-8-14(11)16(12)2/h7-10H,3-6H2,1-2H3. The first-order valence-corrected chi connectivity index (χ1v) is 6.91. The Bertz CT molecular complexity index is 676. The highest BCUT2D eigenvalue weighted by atomic mass is 16.6. The van der Waals surface area contributed by atoms with Crippen LogP contribution in [0.1, 0.15) is 25.5 Å². The third kappa shape index (κ3) is 3.39. The number of nitro benzene ring substituents is 1. The van der Waals surface area contributed by atoms with E-state index < -0.39 is 4.92 Å². The molecule has 0 fully saturated rings. The fourth-order valence-electron chi connectivity index (χ4n) is 2.39. The van der Waals surface area contributed by atoms with Crippen molar-refractivity contribution in [2.45, 2.75) is 26.2 Å². The number of esters is 1. The molecule has 6 nitrogen and oxygen atoms in total. The Hall–Kier alpha value is -2.37. The van der Waals surface area contributed by atoms with Crippen LogP contribution in [0.4, 0.5) is 5.69 Å². The van der Waals surface area contributed by atoms with Crippen molar-refractivity contribution in [2.24, 2.45) is 7.05 Å². The van der Waals surface area contributed by atoms with Crippen LogP contribution in [-0.4, -0.2) is 22.1 Å². The molecule has 0 spiro atoms. The number of benzene rings is 1. The SMILES string of the molecule is CCOC(=O)CCCc1cc2cc([N+](=O)[O-])ccc2n1C. The van der Waals surface area contributed by atoms with E-state index in [2.05, 4.69) is 0 Å². The number of hydrogen-bond acceptors (Lipinski definition) is 4. The lowest BCUT2D eigenvalue weighted by atomic mass is 10.2. The normalized spacial score (nSPS) is 10.8. The summed E-state index contributed by atoms with van der Waals surface area (Å²) in [6, 6.07) is 6.77. The molecule has 0 aliphatic heterocycles. The van der Waals surface area contributed by atoms with Gasteiger partial charge in [-0.2, -0.15) is 0 Å². The first kappa shape index (κ1) is 15.0. The molecule has 2 rings (SSSR count). The molecule has 0 aliphatic carbocycles. The van der Waals surface area contributed by atoms with Crippen molar-refractivity contribution >= 4 is 22.6 Å². The number of non-ortho nitro benzene ring substituents is 1. The Kier molecular flexibility index (Phi) is 4.57. The number of hydrogen-bond donors (Lipinski definition) is 0. The summed E-state index contributed by atoms with van der Waals surface area (Å²) in [6.07, 6.45) is 1.82. The lowest BCUT2D eigenvalue weighted by Gasteiger charge is -2.04. The monoisotopic (exact) mass is 290 g/mol. The minimum absolute atomic E-state index is 0.0890. The van der Waals surface area contributed by atoms with E-state index in [-0.39, 0.29) is 11.7 Å². The first-order valence-electron chi connectivity index (χ1n) is 6.91. The molecule has 0 saturated heterocycles. The highest BCUT2D eigenvalue weighted by Gasteiger charge is 2.11. The minimum Gasteiger partial charge on any atom is -0.466 e. The van der Waals surface area contributed by atoms with Gasteiger partial charge in [-0.3, -0.25) is 14.9 Å². The van der Waals surface area contributed by atoms with Crippen LogP contribution in [0.15, 0.2) is 24.3 Å². The maximum atomic E-state index is 11.3. The van der Waals surface area contributed by atoms with Crippen molar-refractivity contribution in [1.29, 1.82) is 0 Å². The molecule has 0 N–H and O–H groups in total. The third-order valence-corrected chi connectivity index (χ3v) is 3.46. The molecule has 0 aliphatic rings. The number of carbonyl (C=O) groups is 1. The zero-order valence-corrected chi connectivity index (χ0v) is 12.2. The topological polar surface area (TPSA) is 74.4 Å². The summed E-state index contributed by atoms with van der Waals surface area (Å²) < 4.78 is 6.89. The molecular formula is C15H18N2O4. The molecule has 1 heterocycles. The number of nitrogens with zero attached hydrogens (tertiary/aromatic N) is 2. The quantitative estimate of drug-likeness (QED) is 0.465. The number of aromatic nitrogens is 1. The molecule has 21 heavy (non-hydrogen) atoms. The Balaban J connectivity index is 2.12. The van der Waals surface area contributed by atoms with Crippen molar-refractivity contribution in [3.63, 3.8) is 0 Å². The third-order valence-electron chi connectivity index (χ3n) is 3.46. The molecule has 0 saturated carbocycles. The predicted octanol–water partition coefficient (Wildman–Crippen LogP) is 2.97. The second kappa shape index (κ2) is 6.39. The summed E-state index contributed by atoms with van der Waals surface area (Å²) in [5, 5.41) is 11.6. The average molecular weight is 290 g/mol. The average Bonchev–Trinajstić information content (AvgIpc) is 2.75. The van der Waals surface area contributed by atoms with Gasteiger partial charge >= 0.3 is 5.97 Å². The molecule has 1 aromatic carbocycles. The van der Waals surface area contributed by atoms with Crippen molar-refractivity contribution in [2.75, 3.05) is 6.61 Å². The molecule has 0 atom stereocenters.